The highest BCUT2D eigenvalue weighted by molar-refractivity contribution is 5.08. The Morgan fingerprint density at radius 3 is 2.88 bits per heavy atom. The summed E-state index contributed by atoms with van der Waals surface area (Å²) in [5, 5.41) is 3.60. The second-order valence-electron chi connectivity index (χ2n) is 5.00. The number of nitrogens with zero attached hydrogens (tertiary/aromatic N) is 1. The minimum Gasteiger partial charge on any atom is -0.316 e. The highest BCUT2D eigenvalue weighted by Crippen LogP contribution is 2.42. The second kappa shape index (κ2) is 5.44. The van der Waals surface area contributed by atoms with Gasteiger partial charge in [-0.05, 0) is 49.3 Å². The van der Waals surface area contributed by atoms with Gasteiger partial charge in [-0.2, -0.15) is 0 Å². The van der Waals surface area contributed by atoms with E-state index in [1.807, 2.05) is 18.5 Å². The molecule has 0 atom stereocenters. The van der Waals surface area contributed by atoms with Crippen molar-refractivity contribution in [1.82, 2.24) is 10.3 Å². The van der Waals surface area contributed by atoms with Crippen molar-refractivity contribution in [1.29, 1.82) is 0 Å². The molecule has 0 unspecified atom stereocenters. The lowest BCUT2D eigenvalue weighted by Crippen LogP contribution is -2.40. The fraction of sp³-hybridized carbons (Fsp3) is 0.643. The van der Waals surface area contributed by atoms with Gasteiger partial charge in [0.25, 0.3) is 0 Å². The van der Waals surface area contributed by atoms with E-state index in [-0.39, 0.29) is 0 Å². The number of aromatic nitrogens is 1. The number of rotatable bonds is 6. The van der Waals surface area contributed by atoms with Crippen LogP contribution in [0.2, 0.25) is 0 Å². The van der Waals surface area contributed by atoms with Gasteiger partial charge in [-0.25, -0.2) is 0 Å². The second-order valence-corrected chi connectivity index (χ2v) is 5.00. The van der Waals surface area contributed by atoms with Crippen molar-refractivity contribution in [2.75, 3.05) is 13.1 Å². The predicted molar refractivity (Wildman–Crippen MR) is 67.4 cm³/mol. The van der Waals surface area contributed by atoms with Gasteiger partial charge in [0.05, 0.1) is 0 Å². The van der Waals surface area contributed by atoms with Gasteiger partial charge >= 0.3 is 0 Å². The topological polar surface area (TPSA) is 24.9 Å². The molecule has 2 nitrogen and oxygen atoms in total. The molecule has 1 aromatic rings. The maximum absolute atomic E-state index is 4.13. The minimum absolute atomic E-state index is 0.634. The van der Waals surface area contributed by atoms with E-state index in [1.54, 1.807) is 0 Å². The molecule has 0 aromatic carbocycles. The first-order valence-corrected chi connectivity index (χ1v) is 6.44. The molecule has 0 spiro atoms. The highest BCUT2D eigenvalue weighted by atomic mass is 14.9. The fourth-order valence-corrected chi connectivity index (χ4v) is 2.46. The van der Waals surface area contributed by atoms with Crippen LogP contribution in [-0.2, 0) is 6.42 Å². The number of pyridine rings is 1. The molecule has 16 heavy (non-hydrogen) atoms. The molecule has 0 aliphatic heterocycles. The van der Waals surface area contributed by atoms with Crippen molar-refractivity contribution < 1.29 is 0 Å². The highest BCUT2D eigenvalue weighted by Gasteiger charge is 2.34. The van der Waals surface area contributed by atoms with Crippen LogP contribution in [0.4, 0.5) is 0 Å². The monoisotopic (exact) mass is 218 g/mol. The van der Waals surface area contributed by atoms with Crippen LogP contribution < -0.4 is 5.32 Å². The lowest BCUT2D eigenvalue weighted by Gasteiger charge is -2.41. The van der Waals surface area contributed by atoms with Crippen molar-refractivity contribution >= 4 is 0 Å². The van der Waals surface area contributed by atoms with Gasteiger partial charge < -0.3 is 5.32 Å². The molecule has 0 saturated heterocycles. The van der Waals surface area contributed by atoms with Crippen LogP contribution in [0.25, 0.3) is 0 Å². The zero-order valence-corrected chi connectivity index (χ0v) is 10.2. The predicted octanol–water partition coefficient (Wildman–Crippen LogP) is 2.79. The van der Waals surface area contributed by atoms with Crippen LogP contribution in [0.1, 0.15) is 38.2 Å². The standard InChI is InChI=1S/C14H22N2/c1-2-14(7-4-8-14)12-16-10-6-13-5-3-9-15-11-13/h3,5,9,11,16H,2,4,6-8,10,12H2,1H3. The lowest BCUT2D eigenvalue weighted by atomic mass is 9.67. The largest absolute Gasteiger partial charge is 0.316 e. The van der Waals surface area contributed by atoms with E-state index in [0.717, 1.165) is 13.0 Å². The Kier molecular flexibility index (Phi) is 3.94. The number of hydrogen-bond acceptors (Lipinski definition) is 2. The average molecular weight is 218 g/mol. The van der Waals surface area contributed by atoms with Crippen molar-refractivity contribution in [2.24, 2.45) is 5.41 Å². The molecule has 0 radical (unpaired) electrons. The van der Waals surface area contributed by atoms with Crippen molar-refractivity contribution in [3.05, 3.63) is 30.1 Å². The van der Waals surface area contributed by atoms with E-state index in [1.165, 1.54) is 37.8 Å². The first-order chi connectivity index (χ1) is 7.85. The summed E-state index contributed by atoms with van der Waals surface area (Å²) in [5.41, 5.74) is 1.96. The quantitative estimate of drug-likeness (QED) is 0.743. The smallest absolute Gasteiger partial charge is 0.0300 e. The minimum atomic E-state index is 0.634. The SMILES string of the molecule is CCC1(CNCCc2cccnc2)CCC1. The Morgan fingerprint density at radius 2 is 2.31 bits per heavy atom. The van der Waals surface area contributed by atoms with Crippen LogP contribution >= 0.6 is 0 Å². The van der Waals surface area contributed by atoms with E-state index in [0.29, 0.717) is 5.41 Å². The Balaban J connectivity index is 1.65. The molecule has 0 bridgehead atoms. The van der Waals surface area contributed by atoms with E-state index >= 15 is 0 Å². The van der Waals surface area contributed by atoms with Crippen molar-refractivity contribution in [3.8, 4) is 0 Å². The van der Waals surface area contributed by atoms with Crippen LogP contribution in [0.5, 0.6) is 0 Å². The summed E-state index contributed by atoms with van der Waals surface area (Å²) in [6, 6.07) is 4.16. The maximum atomic E-state index is 4.13. The molecular weight excluding hydrogens is 196 g/mol. The summed E-state index contributed by atoms with van der Waals surface area (Å²) in [5.74, 6) is 0. The molecule has 0 amide bonds. The van der Waals surface area contributed by atoms with Gasteiger partial charge in [0.2, 0.25) is 0 Å². The number of nitrogens with one attached hydrogen (secondary N) is 1. The van der Waals surface area contributed by atoms with Gasteiger partial charge in [-0.1, -0.05) is 19.4 Å². The normalized spacial score (nSPS) is 18.1. The molecule has 1 heterocycles. The van der Waals surface area contributed by atoms with Gasteiger partial charge in [0.1, 0.15) is 0 Å². The van der Waals surface area contributed by atoms with Crippen LogP contribution in [0.3, 0.4) is 0 Å². The molecule has 1 saturated carbocycles. The molecule has 2 heteroatoms. The summed E-state index contributed by atoms with van der Waals surface area (Å²) in [7, 11) is 0. The van der Waals surface area contributed by atoms with Gasteiger partial charge in [0.15, 0.2) is 0 Å². The Morgan fingerprint density at radius 1 is 1.44 bits per heavy atom. The van der Waals surface area contributed by atoms with Crippen LogP contribution in [-0.4, -0.2) is 18.1 Å². The van der Waals surface area contributed by atoms with E-state index in [2.05, 4.69) is 23.3 Å². The van der Waals surface area contributed by atoms with Gasteiger partial charge in [-0.3, -0.25) is 4.98 Å². The van der Waals surface area contributed by atoms with Crippen LogP contribution in [0, 0.1) is 5.41 Å². The Bertz CT molecular complexity index is 298. The van der Waals surface area contributed by atoms with Crippen LogP contribution in [0.15, 0.2) is 24.5 Å². The summed E-state index contributed by atoms with van der Waals surface area (Å²) < 4.78 is 0. The van der Waals surface area contributed by atoms with Gasteiger partial charge in [0, 0.05) is 18.9 Å². The third-order valence-corrected chi connectivity index (χ3v) is 3.98. The van der Waals surface area contributed by atoms with Crippen molar-refractivity contribution in [3.63, 3.8) is 0 Å². The summed E-state index contributed by atoms with van der Waals surface area (Å²) in [6.07, 6.45) is 10.5. The first-order valence-electron chi connectivity index (χ1n) is 6.44. The first kappa shape index (κ1) is 11.6. The number of hydrogen-bond donors (Lipinski definition) is 1. The zero-order valence-electron chi connectivity index (χ0n) is 10.2. The molecule has 1 aromatic heterocycles. The molecule has 2 rings (SSSR count). The summed E-state index contributed by atoms with van der Waals surface area (Å²) in [4.78, 5) is 4.13. The molecule has 1 aliphatic rings. The zero-order chi connectivity index (χ0) is 11.3. The Hall–Kier alpha value is -0.890. The van der Waals surface area contributed by atoms with Crippen molar-refractivity contribution in [2.45, 2.75) is 39.0 Å². The molecule has 1 N–H and O–H groups in total. The third kappa shape index (κ3) is 2.82. The molecule has 88 valence electrons. The molecule has 1 aliphatic carbocycles. The lowest BCUT2D eigenvalue weighted by molar-refractivity contribution is 0.124. The maximum Gasteiger partial charge on any atom is 0.0300 e. The van der Waals surface area contributed by atoms with Gasteiger partial charge in [-0.15, -0.1) is 0 Å². The van der Waals surface area contributed by atoms with E-state index < -0.39 is 0 Å². The average Bonchev–Trinajstić information content (AvgIpc) is 2.29. The Labute approximate surface area is 98.5 Å². The molecular formula is C14H22N2. The summed E-state index contributed by atoms with van der Waals surface area (Å²) in [6.45, 7) is 4.60. The molecule has 1 fully saturated rings. The fourth-order valence-electron chi connectivity index (χ4n) is 2.46. The van der Waals surface area contributed by atoms with E-state index in [4.69, 9.17) is 0 Å². The van der Waals surface area contributed by atoms with E-state index in [9.17, 15) is 0 Å². The third-order valence-electron chi connectivity index (χ3n) is 3.98. The summed E-state index contributed by atoms with van der Waals surface area (Å²) >= 11 is 0.